The van der Waals surface area contributed by atoms with Gasteiger partial charge in [0, 0.05) is 0 Å². The second kappa shape index (κ2) is 8.70. The van der Waals surface area contributed by atoms with Gasteiger partial charge >= 0.3 is 0 Å². The summed E-state index contributed by atoms with van der Waals surface area (Å²) in [4.78, 5) is 0. The first-order valence-electron chi connectivity index (χ1n) is 3.48. The van der Waals surface area contributed by atoms with Crippen LogP contribution in [0.5, 0.6) is 0 Å². The molecule has 11 heavy (non-hydrogen) atoms. The third-order valence-electron chi connectivity index (χ3n) is 0.939. The highest BCUT2D eigenvalue weighted by Gasteiger charge is 1.59. The molecule has 0 saturated carbocycles. The molecule has 0 saturated heterocycles. The van der Waals surface area contributed by atoms with E-state index in [0.717, 1.165) is 0 Å². The van der Waals surface area contributed by atoms with E-state index in [0.29, 0.717) is 0 Å². The number of rotatable bonds is 4. The van der Waals surface area contributed by atoms with Gasteiger partial charge in [0.2, 0.25) is 0 Å². The molecule has 0 unspecified atom stereocenters. The minimum atomic E-state index is 1.74. The van der Waals surface area contributed by atoms with Gasteiger partial charge in [0.1, 0.15) is 0 Å². The molecule has 1 radical (unpaired) electrons. The predicted molar refractivity (Wildman–Crippen MR) is 52.1 cm³/mol. The summed E-state index contributed by atoms with van der Waals surface area (Å²) in [7, 11) is 0. The van der Waals surface area contributed by atoms with E-state index in [4.69, 9.17) is 0 Å². The van der Waals surface area contributed by atoms with Crippen molar-refractivity contribution in [3.63, 3.8) is 0 Å². The van der Waals surface area contributed by atoms with E-state index < -0.39 is 0 Å². The Kier molecular flexibility index (Phi) is 7.67. The molecule has 0 spiro atoms. The molecular weight excluding hydrogens is 132 g/mol. The molecule has 0 aliphatic carbocycles. The maximum atomic E-state index is 3.55. The molecule has 0 bridgehead atoms. The van der Waals surface area contributed by atoms with Crippen molar-refractivity contribution in [3.05, 3.63) is 68.2 Å². The Hall–Kier alpha value is -1.30. The van der Waals surface area contributed by atoms with Crippen molar-refractivity contribution < 1.29 is 0 Å². The predicted octanol–water partition coefficient (Wildman–Crippen LogP) is 3.23. The van der Waals surface area contributed by atoms with Crippen LogP contribution in [-0.4, -0.2) is 0 Å². The van der Waals surface area contributed by atoms with Crippen molar-refractivity contribution in [2.45, 2.75) is 0 Å². The molecule has 0 nitrogen and oxygen atoms in total. The van der Waals surface area contributed by atoms with Gasteiger partial charge in [-0.2, -0.15) is 0 Å². The molecule has 0 aliphatic heterocycles. The van der Waals surface area contributed by atoms with E-state index in [1.807, 2.05) is 42.5 Å². The lowest BCUT2D eigenvalue weighted by Crippen LogP contribution is -1.50. The Morgan fingerprint density at radius 3 is 1.55 bits per heavy atom. The van der Waals surface area contributed by atoms with E-state index >= 15 is 0 Å². The lowest BCUT2D eigenvalue weighted by molar-refractivity contribution is 1.86. The first-order valence-corrected chi connectivity index (χ1v) is 3.48. The van der Waals surface area contributed by atoms with Gasteiger partial charge in [-0.15, -0.1) is 0 Å². The first kappa shape index (κ1) is 9.70. The van der Waals surface area contributed by atoms with Crippen LogP contribution in [-0.2, 0) is 0 Å². The molecule has 0 atom stereocenters. The molecule has 0 aromatic rings. The second-order valence-corrected chi connectivity index (χ2v) is 1.82. The smallest absolute Gasteiger partial charge is 0.0313 e. The fraction of sp³-hybridized carbons (Fsp3) is 0. The third kappa shape index (κ3) is 8.70. The minimum absolute atomic E-state index is 1.74. The molecule has 0 rings (SSSR count). The average Bonchev–Trinajstić information content (AvgIpc) is 2.03. The minimum Gasteiger partial charge on any atom is -0.0991 e. The normalized spacial score (nSPS) is 12.8. The highest BCUT2D eigenvalue weighted by atomic mass is 13.7. The summed E-state index contributed by atoms with van der Waals surface area (Å²) < 4.78 is 0. The van der Waals surface area contributed by atoms with Gasteiger partial charge in [-0.05, 0) is 6.92 Å². The van der Waals surface area contributed by atoms with Crippen LogP contribution >= 0.6 is 0 Å². The van der Waals surface area contributed by atoms with Crippen LogP contribution in [0.2, 0.25) is 0 Å². The van der Waals surface area contributed by atoms with Crippen molar-refractivity contribution in [1.82, 2.24) is 0 Å². The van der Waals surface area contributed by atoms with Crippen LogP contribution in [0, 0.1) is 6.92 Å². The van der Waals surface area contributed by atoms with Crippen molar-refractivity contribution in [2.75, 3.05) is 0 Å². The van der Waals surface area contributed by atoms with Crippen LogP contribution < -0.4 is 0 Å². The SMILES string of the molecule is [CH2]C=CC=CC=CC=CC=C. The van der Waals surface area contributed by atoms with Crippen molar-refractivity contribution in [1.29, 1.82) is 0 Å². The van der Waals surface area contributed by atoms with Gasteiger partial charge in [-0.1, -0.05) is 61.3 Å². The van der Waals surface area contributed by atoms with E-state index in [-0.39, 0.29) is 0 Å². The summed E-state index contributed by atoms with van der Waals surface area (Å²) in [5.74, 6) is 0. The summed E-state index contributed by atoms with van der Waals surface area (Å²) in [6, 6.07) is 0. The molecule has 0 heteroatoms. The Morgan fingerprint density at radius 1 is 0.636 bits per heavy atom. The highest BCUT2D eigenvalue weighted by molar-refractivity contribution is 5.17. The Morgan fingerprint density at radius 2 is 1.09 bits per heavy atom. The number of hydrogen-bond acceptors (Lipinski definition) is 0. The quantitative estimate of drug-likeness (QED) is 0.533. The largest absolute Gasteiger partial charge is 0.0991 e. The summed E-state index contributed by atoms with van der Waals surface area (Å²) in [6.45, 7) is 7.10. The molecule has 0 fully saturated rings. The molecular formula is C11H13. The van der Waals surface area contributed by atoms with Gasteiger partial charge in [-0.25, -0.2) is 0 Å². The average molecular weight is 145 g/mol. The topological polar surface area (TPSA) is 0 Å². The van der Waals surface area contributed by atoms with Crippen molar-refractivity contribution in [3.8, 4) is 0 Å². The van der Waals surface area contributed by atoms with Crippen LogP contribution in [0.4, 0.5) is 0 Å². The maximum Gasteiger partial charge on any atom is -0.0313 e. The molecule has 0 heterocycles. The van der Waals surface area contributed by atoms with Gasteiger partial charge in [0.05, 0.1) is 0 Å². The molecule has 0 aliphatic rings. The summed E-state index contributed by atoms with van der Waals surface area (Å²) in [5, 5.41) is 0. The highest BCUT2D eigenvalue weighted by Crippen LogP contribution is 1.81. The lowest BCUT2D eigenvalue weighted by Gasteiger charge is -1.71. The van der Waals surface area contributed by atoms with E-state index in [1.165, 1.54) is 0 Å². The molecule has 0 N–H and O–H groups in total. The standard InChI is InChI=1S/C11H13/c1-3-5-7-9-11-10-8-6-4-2/h3-11H,1-2H2. The van der Waals surface area contributed by atoms with Gasteiger partial charge in [-0.3, -0.25) is 0 Å². The van der Waals surface area contributed by atoms with E-state index in [9.17, 15) is 0 Å². The zero-order valence-electron chi connectivity index (χ0n) is 6.61. The Bertz CT molecular complexity index is 190. The fourth-order valence-corrected chi connectivity index (χ4v) is 0.478. The van der Waals surface area contributed by atoms with Crippen LogP contribution in [0.25, 0.3) is 0 Å². The molecule has 0 amide bonds. The van der Waals surface area contributed by atoms with Gasteiger partial charge < -0.3 is 0 Å². The summed E-state index contributed by atoms with van der Waals surface area (Å²) in [6.07, 6.45) is 16.9. The first-order chi connectivity index (χ1) is 5.41. The van der Waals surface area contributed by atoms with Crippen LogP contribution in [0.15, 0.2) is 61.3 Å². The fourth-order valence-electron chi connectivity index (χ4n) is 0.478. The monoisotopic (exact) mass is 145 g/mol. The zero-order chi connectivity index (χ0) is 8.36. The molecule has 0 aromatic heterocycles. The summed E-state index contributed by atoms with van der Waals surface area (Å²) >= 11 is 0. The molecule has 0 aromatic carbocycles. The van der Waals surface area contributed by atoms with Gasteiger partial charge in [0.25, 0.3) is 0 Å². The Balaban J connectivity index is 3.59. The lowest BCUT2D eigenvalue weighted by atomic mass is 10.4. The zero-order valence-corrected chi connectivity index (χ0v) is 6.61. The number of hydrogen-bond donors (Lipinski definition) is 0. The number of allylic oxidation sites excluding steroid dienone is 9. The van der Waals surface area contributed by atoms with Gasteiger partial charge in [0.15, 0.2) is 0 Å². The van der Waals surface area contributed by atoms with E-state index in [1.54, 1.807) is 12.2 Å². The second-order valence-electron chi connectivity index (χ2n) is 1.82. The van der Waals surface area contributed by atoms with Crippen molar-refractivity contribution >= 4 is 0 Å². The third-order valence-corrected chi connectivity index (χ3v) is 0.939. The van der Waals surface area contributed by atoms with Crippen molar-refractivity contribution in [2.24, 2.45) is 0 Å². The van der Waals surface area contributed by atoms with E-state index in [2.05, 4.69) is 13.5 Å². The van der Waals surface area contributed by atoms with Crippen LogP contribution in [0.3, 0.4) is 0 Å². The maximum absolute atomic E-state index is 3.55. The summed E-state index contributed by atoms with van der Waals surface area (Å²) in [5.41, 5.74) is 0. The Labute approximate surface area is 68.9 Å². The molecule has 57 valence electrons. The van der Waals surface area contributed by atoms with Crippen LogP contribution in [0.1, 0.15) is 0 Å².